The fraction of sp³-hybridized carbons (Fsp3) is 0.471. The first-order chi connectivity index (χ1) is 9.62. The van der Waals surface area contributed by atoms with Gasteiger partial charge in [0.15, 0.2) is 0 Å². The maximum Gasteiger partial charge on any atom is 0.0745 e. The largest absolute Gasteiger partial charge is 0.311 e. The first-order valence-electron chi connectivity index (χ1n) is 7.39. The highest BCUT2D eigenvalue weighted by molar-refractivity contribution is 9.10. The van der Waals surface area contributed by atoms with E-state index in [0.29, 0.717) is 5.92 Å². The average Bonchev–Trinajstić information content (AvgIpc) is 2.92. The van der Waals surface area contributed by atoms with Crippen LogP contribution in [-0.2, 0) is 6.42 Å². The molecule has 1 saturated heterocycles. The number of nitrogens with zero attached hydrogens (tertiary/aromatic N) is 1. The normalized spacial score (nSPS) is 22.8. The third-order valence-electron chi connectivity index (χ3n) is 4.69. The molecule has 0 spiro atoms. The number of pyridine rings is 1. The molecule has 3 heteroatoms. The van der Waals surface area contributed by atoms with Crippen molar-refractivity contribution in [3.8, 4) is 0 Å². The molecule has 1 atom stereocenters. The van der Waals surface area contributed by atoms with Crippen LogP contribution in [-0.4, -0.2) is 17.1 Å². The molecule has 0 amide bonds. The lowest BCUT2D eigenvalue weighted by molar-refractivity contribution is 0.270. The fourth-order valence-corrected chi connectivity index (χ4v) is 3.81. The van der Waals surface area contributed by atoms with Crippen molar-refractivity contribution in [1.29, 1.82) is 0 Å². The summed E-state index contributed by atoms with van der Waals surface area (Å²) in [7, 11) is 0. The molecule has 1 aliphatic rings. The standard InChI is InChI=1S/C17H21BrN2/c1-12(2)17(8-4-10-20-17)11-13-6-7-15(18)14-5-3-9-19-16(13)14/h3,5-7,9,12,20H,4,8,10-11H2,1-2H3. The minimum atomic E-state index is 0.234. The van der Waals surface area contributed by atoms with Crippen LogP contribution < -0.4 is 5.32 Å². The van der Waals surface area contributed by atoms with Gasteiger partial charge in [0.05, 0.1) is 5.52 Å². The number of benzene rings is 1. The highest BCUT2D eigenvalue weighted by Crippen LogP contribution is 2.34. The minimum absolute atomic E-state index is 0.234. The van der Waals surface area contributed by atoms with E-state index in [9.17, 15) is 0 Å². The van der Waals surface area contributed by atoms with Gasteiger partial charge in [0.2, 0.25) is 0 Å². The second-order valence-electron chi connectivity index (χ2n) is 6.12. The van der Waals surface area contributed by atoms with Crippen molar-refractivity contribution in [3.05, 3.63) is 40.5 Å². The van der Waals surface area contributed by atoms with Gasteiger partial charge in [-0.3, -0.25) is 4.98 Å². The van der Waals surface area contributed by atoms with E-state index in [2.05, 4.69) is 58.3 Å². The Kier molecular flexibility index (Phi) is 3.83. The molecule has 0 bridgehead atoms. The first-order valence-corrected chi connectivity index (χ1v) is 8.19. The zero-order chi connectivity index (χ0) is 14.2. The highest BCUT2D eigenvalue weighted by Gasteiger charge is 2.36. The maximum absolute atomic E-state index is 4.62. The van der Waals surface area contributed by atoms with Crippen molar-refractivity contribution < 1.29 is 0 Å². The average molecular weight is 333 g/mol. The summed E-state index contributed by atoms with van der Waals surface area (Å²) in [6.45, 7) is 5.79. The molecule has 106 valence electrons. The highest BCUT2D eigenvalue weighted by atomic mass is 79.9. The van der Waals surface area contributed by atoms with E-state index >= 15 is 0 Å². The summed E-state index contributed by atoms with van der Waals surface area (Å²) in [5, 5.41) is 4.97. The molecule has 20 heavy (non-hydrogen) atoms. The molecule has 2 nitrogen and oxygen atoms in total. The number of rotatable bonds is 3. The Morgan fingerprint density at radius 3 is 2.90 bits per heavy atom. The molecule has 1 N–H and O–H groups in total. The number of fused-ring (bicyclic) bond motifs is 1. The van der Waals surface area contributed by atoms with E-state index in [4.69, 9.17) is 0 Å². The van der Waals surface area contributed by atoms with E-state index in [1.54, 1.807) is 0 Å². The Bertz CT molecular complexity index is 615. The molecule has 2 heterocycles. The second kappa shape index (κ2) is 5.45. The van der Waals surface area contributed by atoms with Crippen molar-refractivity contribution in [2.75, 3.05) is 6.54 Å². The lowest BCUT2D eigenvalue weighted by Crippen LogP contribution is -2.46. The van der Waals surface area contributed by atoms with E-state index < -0.39 is 0 Å². The molecule has 2 aromatic rings. The summed E-state index contributed by atoms with van der Waals surface area (Å²) in [6, 6.07) is 8.52. The van der Waals surface area contributed by atoms with Crippen LogP contribution in [0.4, 0.5) is 0 Å². The van der Waals surface area contributed by atoms with Crippen molar-refractivity contribution in [3.63, 3.8) is 0 Å². The van der Waals surface area contributed by atoms with Crippen LogP contribution in [0.1, 0.15) is 32.3 Å². The van der Waals surface area contributed by atoms with Crippen molar-refractivity contribution >= 4 is 26.8 Å². The molecule has 0 aliphatic carbocycles. The first kappa shape index (κ1) is 14.0. The van der Waals surface area contributed by atoms with E-state index in [1.807, 2.05) is 12.3 Å². The third kappa shape index (κ3) is 2.38. The summed E-state index contributed by atoms with van der Waals surface area (Å²) < 4.78 is 1.13. The SMILES string of the molecule is CC(C)C1(Cc2ccc(Br)c3cccnc23)CCCN1. The zero-order valence-electron chi connectivity index (χ0n) is 12.1. The summed E-state index contributed by atoms with van der Waals surface area (Å²) >= 11 is 3.63. The van der Waals surface area contributed by atoms with Crippen molar-refractivity contribution in [1.82, 2.24) is 10.3 Å². The monoisotopic (exact) mass is 332 g/mol. The summed E-state index contributed by atoms with van der Waals surface area (Å²) in [5.41, 5.74) is 2.72. The molecule has 1 aromatic heterocycles. The van der Waals surface area contributed by atoms with Gasteiger partial charge in [0.25, 0.3) is 0 Å². The Morgan fingerprint density at radius 2 is 2.20 bits per heavy atom. The van der Waals surface area contributed by atoms with Gasteiger partial charge < -0.3 is 5.32 Å². The van der Waals surface area contributed by atoms with E-state index in [1.165, 1.54) is 23.8 Å². The third-order valence-corrected chi connectivity index (χ3v) is 5.38. The van der Waals surface area contributed by atoms with Crippen LogP contribution in [0.2, 0.25) is 0 Å². The number of halogens is 1. The molecule has 1 aromatic carbocycles. The fourth-order valence-electron chi connectivity index (χ4n) is 3.36. The second-order valence-corrected chi connectivity index (χ2v) is 6.98. The van der Waals surface area contributed by atoms with Gasteiger partial charge in [-0.15, -0.1) is 0 Å². The maximum atomic E-state index is 4.62. The number of nitrogens with one attached hydrogen (secondary N) is 1. The van der Waals surface area contributed by atoms with Crippen LogP contribution in [0.3, 0.4) is 0 Å². The van der Waals surface area contributed by atoms with E-state index in [0.717, 1.165) is 23.0 Å². The Balaban J connectivity index is 2.05. The van der Waals surface area contributed by atoms with Gasteiger partial charge in [0.1, 0.15) is 0 Å². The molecule has 3 rings (SSSR count). The van der Waals surface area contributed by atoms with Crippen LogP contribution in [0.25, 0.3) is 10.9 Å². The molecule has 1 fully saturated rings. The summed E-state index contributed by atoms with van der Waals surface area (Å²) in [5.74, 6) is 0.632. The number of hydrogen-bond acceptors (Lipinski definition) is 2. The number of hydrogen-bond donors (Lipinski definition) is 1. The van der Waals surface area contributed by atoms with Gasteiger partial charge in [-0.2, -0.15) is 0 Å². The summed E-state index contributed by atoms with van der Waals surface area (Å²) in [4.78, 5) is 4.62. The molecule has 1 aliphatic heterocycles. The van der Waals surface area contributed by atoms with Gasteiger partial charge in [-0.25, -0.2) is 0 Å². The van der Waals surface area contributed by atoms with Gasteiger partial charge >= 0.3 is 0 Å². The van der Waals surface area contributed by atoms with Crippen LogP contribution >= 0.6 is 15.9 Å². The van der Waals surface area contributed by atoms with Crippen LogP contribution in [0, 0.1) is 5.92 Å². The topological polar surface area (TPSA) is 24.9 Å². The van der Waals surface area contributed by atoms with Gasteiger partial charge in [-0.05, 0) is 49.4 Å². The van der Waals surface area contributed by atoms with Crippen LogP contribution in [0.5, 0.6) is 0 Å². The Hall–Kier alpha value is -0.930. The quantitative estimate of drug-likeness (QED) is 0.905. The molecule has 0 saturated carbocycles. The van der Waals surface area contributed by atoms with Crippen LogP contribution in [0.15, 0.2) is 34.9 Å². The Morgan fingerprint density at radius 1 is 1.35 bits per heavy atom. The molecule has 0 radical (unpaired) electrons. The van der Waals surface area contributed by atoms with Gasteiger partial charge in [0, 0.05) is 21.6 Å². The lowest BCUT2D eigenvalue weighted by Gasteiger charge is -2.34. The predicted molar refractivity (Wildman–Crippen MR) is 88.0 cm³/mol. The van der Waals surface area contributed by atoms with E-state index in [-0.39, 0.29) is 5.54 Å². The molecule has 1 unspecified atom stereocenters. The minimum Gasteiger partial charge on any atom is -0.311 e. The summed E-state index contributed by atoms with van der Waals surface area (Å²) in [6.07, 6.45) is 5.49. The number of aromatic nitrogens is 1. The molecular weight excluding hydrogens is 312 g/mol. The van der Waals surface area contributed by atoms with Crippen molar-refractivity contribution in [2.45, 2.75) is 38.6 Å². The smallest absolute Gasteiger partial charge is 0.0745 e. The Labute approximate surface area is 129 Å². The predicted octanol–water partition coefficient (Wildman–Crippen LogP) is 4.32. The zero-order valence-corrected chi connectivity index (χ0v) is 13.7. The molecular formula is C17H21BrN2. The van der Waals surface area contributed by atoms with Crippen molar-refractivity contribution in [2.24, 2.45) is 5.92 Å². The lowest BCUT2D eigenvalue weighted by atomic mass is 9.79. The van der Waals surface area contributed by atoms with Gasteiger partial charge in [-0.1, -0.05) is 41.9 Å².